The quantitative estimate of drug-likeness (QED) is 0.328. The van der Waals surface area contributed by atoms with Crippen molar-refractivity contribution in [3.8, 4) is 5.75 Å². The van der Waals surface area contributed by atoms with Gasteiger partial charge in [0, 0.05) is 21.7 Å². The van der Waals surface area contributed by atoms with Crippen LogP contribution in [-0.2, 0) is 16.1 Å². The van der Waals surface area contributed by atoms with Gasteiger partial charge in [-0.15, -0.1) is 0 Å². The van der Waals surface area contributed by atoms with Crippen LogP contribution in [-0.4, -0.2) is 28.8 Å². The summed E-state index contributed by atoms with van der Waals surface area (Å²) in [5, 5.41) is 11.3. The van der Waals surface area contributed by atoms with Gasteiger partial charge in [0.05, 0.1) is 25.3 Å². The van der Waals surface area contributed by atoms with Crippen molar-refractivity contribution in [2.24, 2.45) is 0 Å². The Balaban J connectivity index is 1.88. The van der Waals surface area contributed by atoms with E-state index in [0.717, 1.165) is 21.2 Å². The number of H-pyrrole nitrogens is 1. The Kier molecular flexibility index (Phi) is 6.10. The van der Waals surface area contributed by atoms with Crippen molar-refractivity contribution in [1.82, 2.24) is 4.90 Å². The van der Waals surface area contributed by atoms with Crippen LogP contribution in [0.5, 0.6) is 5.75 Å². The molecule has 3 aromatic rings. The number of pyridine rings is 1. The lowest BCUT2D eigenvalue weighted by atomic mass is 9.94. The number of likely N-dealkylation sites (tertiary alicyclic amines) is 1. The number of methoxy groups -OCH3 is 1. The number of ether oxygens (including phenoxy) is 1. The molecule has 0 saturated carbocycles. The van der Waals surface area contributed by atoms with Crippen molar-refractivity contribution in [2.75, 3.05) is 7.11 Å². The fourth-order valence-electron chi connectivity index (χ4n) is 3.97. The number of aliphatic hydroxyl groups is 1. The summed E-state index contributed by atoms with van der Waals surface area (Å²) in [6.45, 7) is 2.04. The molecule has 2 aromatic carbocycles. The third kappa shape index (κ3) is 4.03. The van der Waals surface area contributed by atoms with Crippen molar-refractivity contribution in [2.45, 2.75) is 19.5 Å². The van der Waals surface area contributed by atoms with Crippen LogP contribution >= 0.6 is 15.9 Å². The summed E-state index contributed by atoms with van der Waals surface area (Å²) in [5.74, 6) is -0.909. The lowest BCUT2D eigenvalue weighted by molar-refractivity contribution is -0.378. The number of Topliss-reactive ketones (excluding diaryl/α,β-unsaturated/α-hetero) is 1. The van der Waals surface area contributed by atoms with E-state index in [0.29, 0.717) is 11.3 Å². The average molecular weight is 494 g/mol. The number of aromatic amines is 1. The SMILES string of the molecule is COc1ccc(C(O)=C2C(=O)C(=O)N(Cc3ccc[nH+]c3)C2c2cccc(Br)c2)c(C)c1. The maximum absolute atomic E-state index is 13.2. The maximum atomic E-state index is 13.2. The Morgan fingerprint density at radius 3 is 2.62 bits per heavy atom. The van der Waals surface area contributed by atoms with E-state index in [9.17, 15) is 14.7 Å². The number of benzene rings is 2. The highest BCUT2D eigenvalue weighted by molar-refractivity contribution is 9.10. The number of halogens is 1. The zero-order valence-corrected chi connectivity index (χ0v) is 19.2. The highest BCUT2D eigenvalue weighted by Gasteiger charge is 2.46. The minimum Gasteiger partial charge on any atom is -0.507 e. The molecule has 1 amide bonds. The van der Waals surface area contributed by atoms with Crippen LogP contribution in [0.15, 0.2) is 77.0 Å². The second-order valence-corrected chi connectivity index (χ2v) is 8.49. The molecule has 162 valence electrons. The standard InChI is InChI=1S/C25H21BrN2O4/c1-15-11-19(32-2)8-9-20(15)23(29)21-22(17-6-3-7-18(26)12-17)28(25(31)24(21)30)14-16-5-4-10-27-13-16/h3-13,22,29H,14H2,1-2H3/p+1. The molecule has 1 fully saturated rings. The van der Waals surface area contributed by atoms with Crippen molar-refractivity contribution in [3.05, 3.63) is 99.3 Å². The molecule has 0 bridgehead atoms. The summed E-state index contributed by atoms with van der Waals surface area (Å²) in [6.07, 6.45) is 3.56. The van der Waals surface area contributed by atoms with E-state index in [1.54, 1.807) is 37.7 Å². The molecular weight excluding hydrogens is 472 g/mol. The molecular formula is C25H22BrN2O4+. The van der Waals surface area contributed by atoms with Crippen molar-refractivity contribution in [3.63, 3.8) is 0 Å². The highest BCUT2D eigenvalue weighted by atomic mass is 79.9. The first-order chi connectivity index (χ1) is 15.4. The lowest BCUT2D eigenvalue weighted by Crippen LogP contribution is -2.29. The first-order valence-electron chi connectivity index (χ1n) is 10.0. The molecule has 1 saturated heterocycles. The second-order valence-electron chi connectivity index (χ2n) is 7.57. The Labute approximate surface area is 194 Å². The van der Waals surface area contributed by atoms with E-state index in [4.69, 9.17) is 4.74 Å². The van der Waals surface area contributed by atoms with E-state index in [1.165, 1.54) is 4.90 Å². The Morgan fingerprint density at radius 2 is 1.97 bits per heavy atom. The minimum atomic E-state index is -0.728. The average Bonchev–Trinajstić information content (AvgIpc) is 3.04. The Morgan fingerprint density at radius 1 is 1.16 bits per heavy atom. The van der Waals surface area contributed by atoms with Gasteiger partial charge in [0.15, 0.2) is 12.4 Å². The zero-order valence-electron chi connectivity index (χ0n) is 17.6. The number of carbonyl (C=O) groups excluding carboxylic acids is 2. The van der Waals surface area contributed by atoms with Gasteiger partial charge in [0.1, 0.15) is 11.5 Å². The van der Waals surface area contributed by atoms with E-state index in [2.05, 4.69) is 20.9 Å². The van der Waals surface area contributed by atoms with Crippen LogP contribution in [0.25, 0.3) is 5.76 Å². The molecule has 2 heterocycles. The van der Waals surface area contributed by atoms with E-state index < -0.39 is 17.7 Å². The number of rotatable bonds is 5. The number of amides is 1. The van der Waals surface area contributed by atoms with Crippen LogP contribution in [0.2, 0.25) is 0 Å². The number of carbonyl (C=O) groups is 2. The molecule has 0 aliphatic carbocycles. The number of nitrogens with one attached hydrogen (secondary N) is 1. The number of aliphatic hydroxyl groups excluding tert-OH is 1. The number of aryl methyl sites for hydroxylation is 1. The number of aromatic nitrogens is 1. The Bertz CT molecular complexity index is 1220. The summed E-state index contributed by atoms with van der Waals surface area (Å²) < 4.78 is 6.06. The summed E-state index contributed by atoms with van der Waals surface area (Å²) in [4.78, 5) is 30.8. The van der Waals surface area contributed by atoms with E-state index >= 15 is 0 Å². The van der Waals surface area contributed by atoms with Gasteiger partial charge in [-0.05, 0) is 54.4 Å². The monoisotopic (exact) mass is 493 g/mol. The molecule has 1 atom stereocenters. The number of nitrogens with zero attached hydrogens (tertiary/aromatic N) is 1. The number of hydrogen-bond donors (Lipinski definition) is 1. The van der Waals surface area contributed by atoms with Gasteiger partial charge in [0.2, 0.25) is 0 Å². The predicted molar refractivity (Wildman–Crippen MR) is 123 cm³/mol. The van der Waals surface area contributed by atoms with Crippen molar-refractivity contribution in [1.29, 1.82) is 0 Å². The second kappa shape index (κ2) is 8.96. The fraction of sp³-hybridized carbons (Fsp3) is 0.160. The van der Waals surface area contributed by atoms with Gasteiger partial charge in [-0.25, -0.2) is 4.98 Å². The third-order valence-corrected chi connectivity index (χ3v) is 6.01. The van der Waals surface area contributed by atoms with Gasteiger partial charge in [-0.3, -0.25) is 9.59 Å². The van der Waals surface area contributed by atoms with Crippen LogP contribution in [0.4, 0.5) is 0 Å². The van der Waals surface area contributed by atoms with Gasteiger partial charge in [-0.2, -0.15) is 0 Å². The fourth-order valence-corrected chi connectivity index (χ4v) is 4.38. The van der Waals surface area contributed by atoms with E-state index in [1.807, 2.05) is 43.3 Å². The predicted octanol–water partition coefficient (Wildman–Crippen LogP) is 4.20. The number of hydrogen-bond acceptors (Lipinski definition) is 4. The summed E-state index contributed by atoms with van der Waals surface area (Å²) >= 11 is 3.47. The molecule has 2 N–H and O–H groups in total. The highest BCUT2D eigenvalue weighted by Crippen LogP contribution is 2.41. The van der Waals surface area contributed by atoms with Crippen LogP contribution in [0, 0.1) is 6.92 Å². The lowest BCUT2D eigenvalue weighted by Gasteiger charge is -2.25. The molecule has 1 aromatic heterocycles. The first kappa shape index (κ1) is 21.8. The molecule has 1 unspecified atom stereocenters. The zero-order chi connectivity index (χ0) is 22.8. The Hall–Kier alpha value is -3.45. The van der Waals surface area contributed by atoms with Gasteiger partial charge >= 0.3 is 0 Å². The van der Waals surface area contributed by atoms with Crippen LogP contribution in [0.3, 0.4) is 0 Å². The normalized spacial score (nSPS) is 17.6. The summed E-state index contributed by atoms with van der Waals surface area (Å²) in [6, 6.07) is 15.6. The largest absolute Gasteiger partial charge is 0.507 e. The molecule has 4 rings (SSSR count). The topological polar surface area (TPSA) is 81.0 Å². The molecule has 7 heteroatoms. The van der Waals surface area contributed by atoms with Gasteiger partial charge in [-0.1, -0.05) is 28.1 Å². The molecule has 0 radical (unpaired) electrons. The molecule has 0 spiro atoms. The van der Waals surface area contributed by atoms with Crippen molar-refractivity contribution < 1.29 is 24.4 Å². The van der Waals surface area contributed by atoms with Crippen molar-refractivity contribution >= 4 is 33.4 Å². The molecule has 32 heavy (non-hydrogen) atoms. The van der Waals surface area contributed by atoms with Crippen LogP contribution in [0.1, 0.15) is 28.3 Å². The molecule has 1 aliphatic heterocycles. The van der Waals surface area contributed by atoms with E-state index in [-0.39, 0.29) is 17.9 Å². The van der Waals surface area contributed by atoms with Gasteiger partial charge < -0.3 is 14.7 Å². The van der Waals surface area contributed by atoms with Crippen LogP contribution < -0.4 is 9.72 Å². The number of ketones is 1. The van der Waals surface area contributed by atoms with Gasteiger partial charge in [0.25, 0.3) is 11.7 Å². The molecule has 6 nitrogen and oxygen atoms in total. The minimum absolute atomic E-state index is 0.0706. The smallest absolute Gasteiger partial charge is 0.295 e. The molecule has 1 aliphatic rings. The first-order valence-corrected chi connectivity index (χ1v) is 10.8. The summed E-state index contributed by atoms with van der Waals surface area (Å²) in [5.41, 5.74) is 2.86. The summed E-state index contributed by atoms with van der Waals surface area (Å²) in [7, 11) is 1.56. The maximum Gasteiger partial charge on any atom is 0.295 e. The third-order valence-electron chi connectivity index (χ3n) is 5.52.